The standard InChI is InChI=1S/C14H32N2O5Si/c1-14(2,22(3,4)19)6-5-9-11(17)12(18)10(16)13(21-9)20-8-7-15/h9-13,17-19H,5-8,15-16H2,1-4H3/t9?,10?,11-,12-,13-/m1/s1. The molecule has 0 aromatic rings. The molecule has 1 heterocycles. The summed E-state index contributed by atoms with van der Waals surface area (Å²) in [5.74, 6) is 0. The minimum atomic E-state index is -2.33. The fraction of sp³-hybridized carbons (Fsp3) is 1.00. The summed E-state index contributed by atoms with van der Waals surface area (Å²) >= 11 is 0. The van der Waals surface area contributed by atoms with Crippen molar-refractivity contribution in [1.29, 1.82) is 0 Å². The molecule has 0 bridgehead atoms. The van der Waals surface area contributed by atoms with E-state index in [1.54, 1.807) is 0 Å². The highest BCUT2D eigenvalue weighted by atomic mass is 28.4. The second-order valence-electron chi connectivity index (χ2n) is 7.24. The summed E-state index contributed by atoms with van der Waals surface area (Å²) in [6.07, 6.45) is -2.34. The van der Waals surface area contributed by atoms with Crippen molar-refractivity contribution in [1.82, 2.24) is 0 Å². The number of hydrogen-bond donors (Lipinski definition) is 5. The summed E-state index contributed by atoms with van der Waals surface area (Å²) in [6.45, 7) is 8.41. The lowest BCUT2D eigenvalue weighted by atomic mass is 9.92. The Bertz CT molecular complexity index is 351. The Hall–Kier alpha value is -0.0631. The molecule has 0 amide bonds. The largest absolute Gasteiger partial charge is 0.432 e. The molecular weight excluding hydrogens is 304 g/mol. The van der Waals surface area contributed by atoms with Crippen molar-refractivity contribution >= 4 is 8.32 Å². The fourth-order valence-corrected chi connectivity index (χ4v) is 3.09. The summed E-state index contributed by atoms with van der Waals surface area (Å²) < 4.78 is 11.1. The van der Waals surface area contributed by atoms with Crippen LogP contribution in [0.1, 0.15) is 26.7 Å². The monoisotopic (exact) mass is 336 g/mol. The Morgan fingerprint density at radius 3 is 2.32 bits per heavy atom. The average Bonchev–Trinajstić information content (AvgIpc) is 2.42. The molecule has 0 spiro atoms. The molecule has 1 aliphatic rings. The van der Waals surface area contributed by atoms with E-state index in [1.165, 1.54) is 0 Å². The van der Waals surface area contributed by atoms with Crippen LogP contribution in [-0.2, 0) is 9.47 Å². The minimum Gasteiger partial charge on any atom is -0.432 e. The molecule has 0 aromatic heterocycles. The summed E-state index contributed by atoms with van der Waals surface area (Å²) in [4.78, 5) is 10.3. The van der Waals surface area contributed by atoms with Gasteiger partial charge in [-0.1, -0.05) is 13.8 Å². The normalized spacial score (nSPS) is 34.0. The van der Waals surface area contributed by atoms with Gasteiger partial charge in [-0.3, -0.25) is 0 Å². The Labute approximate surface area is 133 Å². The van der Waals surface area contributed by atoms with E-state index in [4.69, 9.17) is 20.9 Å². The molecular formula is C14H32N2O5Si. The molecule has 7 nitrogen and oxygen atoms in total. The fourth-order valence-electron chi connectivity index (χ4n) is 2.33. The van der Waals surface area contributed by atoms with Crippen LogP contribution in [-0.4, -0.2) is 67.1 Å². The predicted molar refractivity (Wildman–Crippen MR) is 86.6 cm³/mol. The van der Waals surface area contributed by atoms with Crippen LogP contribution in [0.15, 0.2) is 0 Å². The highest BCUT2D eigenvalue weighted by Crippen LogP contribution is 2.41. The third-order valence-electron chi connectivity index (χ3n) is 4.86. The van der Waals surface area contributed by atoms with Crippen molar-refractivity contribution in [2.24, 2.45) is 11.5 Å². The van der Waals surface area contributed by atoms with E-state index in [0.29, 0.717) is 19.4 Å². The maximum atomic E-state index is 10.3. The van der Waals surface area contributed by atoms with Gasteiger partial charge in [-0.05, 0) is 31.0 Å². The highest BCUT2D eigenvalue weighted by molar-refractivity contribution is 6.72. The Morgan fingerprint density at radius 2 is 1.82 bits per heavy atom. The van der Waals surface area contributed by atoms with Gasteiger partial charge in [0.05, 0.1) is 18.8 Å². The van der Waals surface area contributed by atoms with Crippen LogP contribution in [0.5, 0.6) is 0 Å². The van der Waals surface area contributed by atoms with Gasteiger partial charge in [-0.25, -0.2) is 0 Å². The number of rotatable bonds is 7. The molecule has 0 aromatic carbocycles. The molecule has 1 fully saturated rings. The van der Waals surface area contributed by atoms with E-state index in [9.17, 15) is 15.0 Å². The third-order valence-corrected chi connectivity index (χ3v) is 8.42. The predicted octanol–water partition coefficient (Wildman–Crippen LogP) is -0.506. The molecule has 132 valence electrons. The number of aliphatic hydroxyl groups is 2. The molecule has 1 rings (SSSR count). The molecule has 8 heteroatoms. The van der Waals surface area contributed by atoms with Crippen molar-refractivity contribution in [3.8, 4) is 0 Å². The first-order valence-corrected chi connectivity index (χ1v) is 10.8. The van der Waals surface area contributed by atoms with E-state index in [0.717, 1.165) is 0 Å². The molecule has 0 saturated carbocycles. The SMILES string of the molecule is CC(C)(CCC1O[C@@H](OCCN)C(N)[C@@H](O)[C@@H]1O)[Si](C)(C)O. The first-order valence-electron chi connectivity index (χ1n) is 7.82. The molecule has 22 heavy (non-hydrogen) atoms. The Kier molecular flexibility index (Phi) is 6.97. The van der Waals surface area contributed by atoms with Crippen LogP contribution >= 0.6 is 0 Å². The quantitative estimate of drug-likeness (QED) is 0.396. The van der Waals surface area contributed by atoms with Crippen molar-refractivity contribution in [2.75, 3.05) is 13.2 Å². The van der Waals surface area contributed by atoms with Gasteiger partial charge in [0.1, 0.15) is 12.2 Å². The topological polar surface area (TPSA) is 131 Å². The third kappa shape index (κ3) is 4.72. The van der Waals surface area contributed by atoms with E-state index >= 15 is 0 Å². The molecule has 5 atom stereocenters. The van der Waals surface area contributed by atoms with Gasteiger partial charge >= 0.3 is 0 Å². The van der Waals surface area contributed by atoms with Crippen LogP contribution in [0.3, 0.4) is 0 Å². The Morgan fingerprint density at radius 1 is 1.23 bits per heavy atom. The lowest BCUT2D eigenvalue weighted by Gasteiger charge is -2.43. The molecule has 2 unspecified atom stereocenters. The van der Waals surface area contributed by atoms with Gasteiger partial charge in [0, 0.05) is 6.54 Å². The van der Waals surface area contributed by atoms with Crippen molar-refractivity contribution in [2.45, 2.75) is 75.5 Å². The van der Waals surface area contributed by atoms with E-state index in [-0.39, 0.29) is 11.6 Å². The minimum absolute atomic E-state index is 0.228. The van der Waals surface area contributed by atoms with Crippen LogP contribution in [0.4, 0.5) is 0 Å². The zero-order chi connectivity index (χ0) is 17.1. The Balaban J connectivity index is 2.68. The maximum absolute atomic E-state index is 10.3. The van der Waals surface area contributed by atoms with Gasteiger partial charge in [0.15, 0.2) is 14.6 Å². The lowest BCUT2D eigenvalue weighted by Crippen LogP contribution is -2.62. The first-order chi connectivity index (χ1) is 10.0. The number of nitrogens with two attached hydrogens (primary N) is 2. The summed E-state index contributed by atoms with van der Waals surface area (Å²) in [5, 5.41) is 20.0. The smallest absolute Gasteiger partial charge is 0.188 e. The maximum Gasteiger partial charge on any atom is 0.188 e. The molecule has 1 aliphatic heterocycles. The second kappa shape index (κ2) is 7.67. The first kappa shape index (κ1) is 20.0. The lowest BCUT2D eigenvalue weighted by molar-refractivity contribution is -0.260. The van der Waals surface area contributed by atoms with Gasteiger partial charge in [0.2, 0.25) is 0 Å². The van der Waals surface area contributed by atoms with Crippen LogP contribution < -0.4 is 11.5 Å². The molecule has 1 saturated heterocycles. The van der Waals surface area contributed by atoms with Crippen LogP contribution in [0.25, 0.3) is 0 Å². The van der Waals surface area contributed by atoms with Gasteiger partial charge in [-0.15, -0.1) is 0 Å². The van der Waals surface area contributed by atoms with Crippen molar-refractivity contribution in [3.63, 3.8) is 0 Å². The number of hydrogen-bond acceptors (Lipinski definition) is 7. The molecule has 0 aliphatic carbocycles. The zero-order valence-corrected chi connectivity index (χ0v) is 15.0. The van der Waals surface area contributed by atoms with Crippen LogP contribution in [0.2, 0.25) is 18.1 Å². The number of ether oxygens (including phenoxy) is 2. The number of aliphatic hydroxyl groups excluding tert-OH is 2. The van der Waals surface area contributed by atoms with Gasteiger partial charge < -0.3 is 35.9 Å². The van der Waals surface area contributed by atoms with E-state index < -0.39 is 39.0 Å². The van der Waals surface area contributed by atoms with Gasteiger partial charge in [-0.2, -0.15) is 0 Å². The molecule has 7 N–H and O–H groups in total. The summed E-state index contributed by atoms with van der Waals surface area (Å²) in [7, 11) is -2.33. The highest BCUT2D eigenvalue weighted by Gasteiger charge is 2.45. The average molecular weight is 337 g/mol. The summed E-state index contributed by atoms with van der Waals surface area (Å²) in [5.41, 5.74) is 11.2. The van der Waals surface area contributed by atoms with Gasteiger partial charge in [0.25, 0.3) is 0 Å². The molecule has 0 radical (unpaired) electrons. The van der Waals surface area contributed by atoms with Crippen molar-refractivity contribution in [3.05, 3.63) is 0 Å². The van der Waals surface area contributed by atoms with E-state index in [2.05, 4.69) is 0 Å². The summed E-state index contributed by atoms with van der Waals surface area (Å²) in [6, 6.07) is -0.811. The van der Waals surface area contributed by atoms with Crippen molar-refractivity contribution < 1.29 is 24.5 Å². The van der Waals surface area contributed by atoms with E-state index in [1.807, 2.05) is 26.9 Å². The van der Waals surface area contributed by atoms with Crippen LogP contribution in [0, 0.1) is 0 Å². The zero-order valence-electron chi connectivity index (χ0n) is 14.0. The second-order valence-corrected chi connectivity index (χ2v) is 11.7.